The number of aromatic nitrogens is 2. The molecular formula is C60H46N4. The van der Waals surface area contributed by atoms with E-state index in [0.717, 1.165) is 43.6 Å². The largest absolute Gasteiger partial charge is 0.310 e. The second-order valence-corrected chi connectivity index (χ2v) is 16.8. The highest BCUT2D eigenvalue weighted by Gasteiger charge is 2.28. The van der Waals surface area contributed by atoms with Crippen LogP contribution in [-0.4, -0.2) is 8.80 Å². The zero-order valence-corrected chi connectivity index (χ0v) is 35.0. The molecule has 0 aliphatic carbocycles. The van der Waals surface area contributed by atoms with Crippen LogP contribution in [-0.2, 0) is 0 Å². The third kappa shape index (κ3) is 5.17. The van der Waals surface area contributed by atoms with Crippen LogP contribution in [0.5, 0.6) is 0 Å². The van der Waals surface area contributed by atoms with Crippen molar-refractivity contribution in [2.45, 2.75) is 39.5 Å². The number of fused-ring (bicyclic) bond motifs is 12. The third-order valence-corrected chi connectivity index (χ3v) is 12.5. The molecule has 0 amide bonds. The summed E-state index contributed by atoms with van der Waals surface area (Å²) in [5.41, 5.74) is 3.78. The van der Waals surface area contributed by atoms with Crippen molar-refractivity contribution < 1.29 is 24.7 Å². The van der Waals surface area contributed by atoms with Crippen molar-refractivity contribution >= 4 is 110 Å². The lowest BCUT2D eigenvalue weighted by atomic mass is 10.0. The number of rotatable bonds is 8. The normalized spacial score (nSPS) is 16.3. The van der Waals surface area contributed by atoms with Crippen molar-refractivity contribution in [1.82, 2.24) is 8.80 Å². The Morgan fingerprint density at radius 3 is 1.14 bits per heavy atom. The van der Waals surface area contributed by atoms with E-state index in [4.69, 9.17) is 8.22 Å². The fraction of sp³-hybridized carbons (Fsp3) is 0.100. The molecule has 0 atom stereocenters. The maximum Gasteiger partial charge on any atom is 0.0645 e. The maximum atomic E-state index is 9.51. The zero-order valence-electron chi connectivity index (χ0n) is 53.0. The van der Waals surface area contributed by atoms with Gasteiger partial charge in [0, 0.05) is 65.8 Å². The molecule has 13 rings (SSSR count). The van der Waals surface area contributed by atoms with Crippen LogP contribution >= 0.6 is 0 Å². The third-order valence-electron chi connectivity index (χ3n) is 12.5. The summed E-state index contributed by atoms with van der Waals surface area (Å²) < 4.78 is 168. The zero-order chi connectivity index (χ0) is 58.5. The van der Waals surface area contributed by atoms with Gasteiger partial charge in [0.1, 0.15) is 0 Å². The Hall–Kier alpha value is -7.82. The monoisotopic (exact) mass is 840 g/mol. The van der Waals surface area contributed by atoms with Gasteiger partial charge in [0.05, 0.1) is 69.1 Å². The first-order chi connectivity index (χ1) is 38.9. The van der Waals surface area contributed by atoms with Crippen LogP contribution in [0.25, 0.3) is 76.2 Å². The van der Waals surface area contributed by atoms with Crippen molar-refractivity contribution in [3.63, 3.8) is 0 Å². The van der Waals surface area contributed by atoms with Crippen molar-refractivity contribution in [3.8, 4) is 0 Å². The van der Waals surface area contributed by atoms with Gasteiger partial charge >= 0.3 is 0 Å². The van der Waals surface area contributed by atoms with E-state index >= 15 is 0 Å². The Labute approximate surface area is 397 Å². The lowest BCUT2D eigenvalue weighted by Gasteiger charge is -2.27. The molecule has 0 saturated heterocycles. The molecule has 0 spiro atoms. The molecule has 0 saturated carbocycles. The number of para-hydroxylation sites is 4. The lowest BCUT2D eigenvalue weighted by molar-refractivity contribution is 0.866. The van der Waals surface area contributed by atoms with Crippen LogP contribution in [0, 0.1) is 0 Å². The average molecular weight is 841 g/mol. The van der Waals surface area contributed by atoms with Gasteiger partial charge in [0.25, 0.3) is 0 Å². The van der Waals surface area contributed by atoms with E-state index in [1.165, 1.54) is 9.80 Å². The number of hydrogen-bond donors (Lipinski definition) is 0. The summed E-state index contributed by atoms with van der Waals surface area (Å²) >= 11 is 0. The molecule has 306 valence electrons. The van der Waals surface area contributed by atoms with Gasteiger partial charge in [-0.3, -0.25) is 0 Å². The molecule has 9 aromatic carbocycles. The van der Waals surface area contributed by atoms with Crippen LogP contribution in [0.4, 0.5) is 34.1 Å². The van der Waals surface area contributed by atoms with Gasteiger partial charge in [-0.25, -0.2) is 0 Å². The second kappa shape index (κ2) is 13.8. The van der Waals surface area contributed by atoms with E-state index in [1.807, 2.05) is 60.7 Å². The quantitative estimate of drug-likeness (QED) is 0.151. The van der Waals surface area contributed by atoms with Crippen LogP contribution in [0.2, 0.25) is 0 Å². The standard InChI is InChI=1S/C60H46N4/c1-37(2)39-23-27-43(28-24-39)61(41-15-7-5-8-16-41)53-33-31-45-49-35-56-50(36-55(49)63-51-21-13-11-19-47(51)57(53)59(45)63)46-32-34-54(58-48-20-12-14-22-52(48)64(56)60(46)58)62(42-17-9-6-10-18-42)44-29-25-40(26-30-44)38(3)4/h5-38H,1-4H3/i5D,6D,7D,8D,9D,10D,15D,16D,17D,18D,23D,24D,25D,26D,27D,28D,29D,30D. The molecule has 4 aromatic heterocycles. The summed E-state index contributed by atoms with van der Waals surface area (Å²) in [5, 5.41) is 5.50. The topological polar surface area (TPSA) is 15.3 Å². The molecule has 0 fully saturated rings. The minimum absolute atomic E-state index is 0.168. The van der Waals surface area contributed by atoms with E-state index in [1.54, 1.807) is 39.8 Å². The van der Waals surface area contributed by atoms with Crippen LogP contribution in [0.15, 0.2) is 194 Å². The summed E-state index contributed by atoms with van der Waals surface area (Å²) in [6.45, 7) is 7.04. The average Bonchev–Trinajstić information content (AvgIpc) is 4.37. The molecule has 4 heteroatoms. The van der Waals surface area contributed by atoms with Gasteiger partial charge in [0.15, 0.2) is 0 Å². The first-order valence-electron chi connectivity index (χ1n) is 30.2. The van der Waals surface area contributed by atoms with E-state index in [-0.39, 0.29) is 69.4 Å². The molecule has 0 unspecified atom stereocenters. The Bertz CT molecular complexity index is 4580. The first-order valence-corrected chi connectivity index (χ1v) is 21.2. The summed E-state index contributed by atoms with van der Waals surface area (Å²) in [4.78, 5) is 2.57. The van der Waals surface area contributed by atoms with Crippen molar-refractivity contribution in [2.75, 3.05) is 9.80 Å². The smallest absolute Gasteiger partial charge is 0.0645 e. The minimum atomic E-state index is -0.649. The molecule has 4 nitrogen and oxygen atoms in total. The second-order valence-electron chi connectivity index (χ2n) is 16.8. The molecule has 0 bridgehead atoms. The summed E-state index contributed by atoms with van der Waals surface area (Å²) in [6, 6.07) is 16.9. The van der Waals surface area contributed by atoms with Crippen LogP contribution in [0.1, 0.15) is 75.3 Å². The molecule has 0 aliphatic rings. The van der Waals surface area contributed by atoms with Gasteiger partial charge in [-0.2, -0.15) is 0 Å². The van der Waals surface area contributed by atoms with Crippen molar-refractivity contribution in [1.29, 1.82) is 0 Å². The molecule has 4 heterocycles. The van der Waals surface area contributed by atoms with E-state index < -0.39 is 96.4 Å². The molecule has 13 aromatic rings. The van der Waals surface area contributed by atoms with Gasteiger partial charge in [-0.05, 0) is 108 Å². The van der Waals surface area contributed by atoms with Gasteiger partial charge in [0.2, 0.25) is 0 Å². The van der Waals surface area contributed by atoms with Gasteiger partial charge < -0.3 is 18.6 Å². The molecule has 0 N–H and O–H groups in total. The van der Waals surface area contributed by atoms with Crippen LogP contribution < -0.4 is 9.80 Å². The van der Waals surface area contributed by atoms with E-state index in [0.29, 0.717) is 32.6 Å². The molecule has 0 aliphatic heterocycles. The maximum absolute atomic E-state index is 9.51. The number of hydrogen-bond acceptors (Lipinski definition) is 2. The van der Waals surface area contributed by atoms with E-state index in [2.05, 4.69) is 20.9 Å². The first kappa shape index (κ1) is 23.0. The fourth-order valence-corrected chi connectivity index (χ4v) is 9.69. The van der Waals surface area contributed by atoms with Crippen molar-refractivity contribution in [3.05, 3.63) is 205 Å². The highest BCUT2D eigenvalue weighted by molar-refractivity contribution is 6.32. The number of benzene rings is 9. The highest BCUT2D eigenvalue weighted by atomic mass is 15.2. The molecule has 64 heavy (non-hydrogen) atoms. The molecular weight excluding hydrogens is 777 g/mol. The van der Waals surface area contributed by atoms with Gasteiger partial charge in [-0.15, -0.1) is 0 Å². The SMILES string of the molecule is [2H]c1c([2H])c([2H])c(N(c2c([2H])c([2H])c(C(C)C)c([2H])c2[2H])c2ccc3c4cc5c(cc4n4c6ccccc6c2c34)c2ccc(N(c3c([2H])c([2H])c([2H])c([2H])c3[2H])c3c([2H])c([2H])c(C(C)C)c([2H])c3[2H])c3c4ccccc4n5c23)c([2H])c1[2H]. The Morgan fingerprint density at radius 2 is 0.750 bits per heavy atom. The highest BCUT2D eigenvalue weighted by Crippen LogP contribution is 2.51. The van der Waals surface area contributed by atoms with Crippen molar-refractivity contribution in [2.24, 2.45) is 0 Å². The summed E-state index contributed by atoms with van der Waals surface area (Å²) in [7, 11) is 0. The summed E-state index contributed by atoms with van der Waals surface area (Å²) in [6.07, 6.45) is 0. The van der Waals surface area contributed by atoms with Gasteiger partial charge in [-0.1, -0.05) is 137 Å². The lowest BCUT2D eigenvalue weighted by Crippen LogP contribution is -2.10. The fourth-order valence-electron chi connectivity index (χ4n) is 9.69. The Morgan fingerprint density at radius 1 is 0.375 bits per heavy atom. The predicted molar refractivity (Wildman–Crippen MR) is 273 cm³/mol. The van der Waals surface area contributed by atoms with E-state index in [9.17, 15) is 16.4 Å². The summed E-state index contributed by atoms with van der Waals surface area (Å²) in [5.74, 6) is -0.820. The number of anilines is 6. The minimum Gasteiger partial charge on any atom is -0.310 e. The molecule has 0 radical (unpaired) electrons. The predicted octanol–water partition coefficient (Wildman–Crippen LogP) is 17.2. The Balaban J connectivity index is 1.15. The Kier molecular flexibility index (Phi) is 4.98. The van der Waals surface area contributed by atoms with Crippen LogP contribution in [0.3, 0.4) is 0 Å². The number of nitrogens with zero attached hydrogens (tertiary/aromatic N) is 4.